The van der Waals surface area contributed by atoms with Crippen LogP contribution in [0.3, 0.4) is 0 Å². The Hall–Kier alpha value is -2.03. The second kappa shape index (κ2) is 36.6. The molecule has 10 heteroatoms. The molecule has 0 aliphatic rings. The first-order valence-electron chi connectivity index (χ1n) is 21.3. The maximum Gasteiger partial charge on any atom is 0.306 e. The maximum absolute atomic E-state index is 12.6. The molecule has 0 rings (SSSR count). The minimum atomic E-state index is -4.64. The predicted octanol–water partition coefficient (Wildman–Crippen LogP) is 11.3. The van der Waals surface area contributed by atoms with Gasteiger partial charge in [-0.2, -0.15) is 0 Å². The van der Waals surface area contributed by atoms with Crippen LogP contribution in [0.25, 0.3) is 0 Å². The minimum Gasteiger partial charge on any atom is -0.756 e. The fraction of sp³-hybridized carbons (Fsp3) is 0.773. The van der Waals surface area contributed by atoms with E-state index in [1.807, 2.05) is 21.1 Å². The average Bonchev–Trinajstić information content (AvgIpc) is 3.12. The average molecular weight is 782 g/mol. The third-order valence-electron chi connectivity index (χ3n) is 8.82. The van der Waals surface area contributed by atoms with Crippen molar-refractivity contribution in [3.05, 3.63) is 48.6 Å². The van der Waals surface area contributed by atoms with Crippen molar-refractivity contribution in [2.75, 3.05) is 47.5 Å². The van der Waals surface area contributed by atoms with Crippen LogP contribution in [-0.4, -0.2) is 70.0 Å². The van der Waals surface area contributed by atoms with Crippen LogP contribution in [0.4, 0.5) is 0 Å². The number of allylic oxidation sites excluding steroid dienone is 8. The number of carbonyl (C=O) groups excluding carboxylic acids is 2. The lowest BCUT2D eigenvalue weighted by Gasteiger charge is -2.28. The zero-order valence-electron chi connectivity index (χ0n) is 35.2. The van der Waals surface area contributed by atoms with Crippen molar-refractivity contribution in [3.8, 4) is 0 Å². The van der Waals surface area contributed by atoms with Crippen LogP contribution in [0.1, 0.15) is 168 Å². The molecule has 0 aliphatic carbocycles. The van der Waals surface area contributed by atoms with Gasteiger partial charge in [0.15, 0.2) is 6.10 Å². The summed E-state index contributed by atoms with van der Waals surface area (Å²) in [5, 5.41) is 0. The van der Waals surface area contributed by atoms with Crippen LogP contribution in [0, 0.1) is 0 Å². The number of ether oxygens (including phenoxy) is 2. The third-order valence-corrected chi connectivity index (χ3v) is 9.79. The highest BCUT2D eigenvalue weighted by atomic mass is 31.2. The molecular weight excluding hydrogens is 701 g/mol. The third kappa shape index (κ3) is 39.7. The smallest absolute Gasteiger partial charge is 0.306 e. The molecule has 0 saturated carbocycles. The van der Waals surface area contributed by atoms with Crippen LogP contribution in [0.15, 0.2) is 48.6 Å². The van der Waals surface area contributed by atoms with E-state index < -0.39 is 32.5 Å². The van der Waals surface area contributed by atoms with Crippen LogP contribution in [0.5, 0.6) is 0 Å². The molecule has 0 radical (unpaired) electrons. The van der Waals surface area contributed by atoms with Gasteiger partial charge in [0.1, 0.15) is 19.8 Å². The van der Waals surface area contributed by atoms with Crippen molar-refractivity contribution in [1.82, 2.24) is 0 Å². The van der Waals surface area contributed by atoms with Gasteiger partial charge in [-0.15, -0.1) is 0 Å². The van der Waals surface area contributed by atoms with E-state index in [2.05, 4.69) is 62.5 Å². The zero-order chi connectivity index (χ0) is 40.0. The summed E-state index contributed by atoms with van der Waals surface area (Å²) >= 11 is 0. The molecule has 0 fully saturated rings. The molecule has 0 aromatic rings. The van der Waals surface area contributed by atoms with E-state index in [-0.39, 0.29) is 26.1 Å². The molecular formula is C44H80NO8P. The standard InChI is InChI=1S/C44H80NO8P/c1-6-8-10-12-14-16-18-20-22-24-26-28-30-32-34-36-43(46)50-40-42(41-52-54(48,49)51-39-38-45(3,4)5)53-44(47)37-35-33-31-29-27-25-23-21-19-17-15-13-11-9-7-2/h20-23,26-29,42H,6-19,24-25,30-41H2,1-5H3/b22-20-,23-21-,28-26-,29-27-/t42-/m1/s1. The lowest BCUT2D eigenvalue weighted by molar-refractivity contribution is -0.870. The molecule has 0 amide bonds. The van der Waals surface area contributed by atoms with Crippen molar-refractivity contribution in [3.63, 3.8) is 0 Å². The SMILES string of the molecule is CCCCCCCC/C=C\C/C=C\CCCCC(=O)OC[C@H](COP(=O)([O-])OCC[N+](C)(C)C)OC(=O)CCCC/C=C\C/C=C\CCCCCCCC. The monoisotopic (exact) mass is 782 g/mol. The van der Waals surface area contributed by atoms with Gasteiger partial charge in [0.2, 0.25) is 0 Å². The molecule has 0 aromatic carbocycles. The zero-order valence-corrected chi connectivity index (χ0v) is 36.0. The topological polar surface area (TPSA) is 111 Å². The van der Waals surface area contributed by atoms with Crippen molar-refractivity contribution < 1.29 is 42.1 Å². The van der Waals surface area contributed by atoms with Gasteiger partial charge < -0.3 is 27.9 Å². The normalized spacial score (nSPS) is 14.1. The van der Waals surface area contributed by atoms with Gasteiger partial charge in [0.25, 0.3) is 7.82 Å². The van der Waals surface area contributed by atoms with E-state index in [0.29, 0.717) is 23.9 Å². The van der Waals surface area contributed by atoms with Gasteiger partial charge >= 0.3 is 11.9 Å². The Morgan fingerprint density at radius 1 is 0.574 bits per heavy atom. The molecule has 0 aromatic heterocycles. The highest BCUT2D eigenvalue weighted by Crippen LogP contribution is 2.38. The lowest BCUT2D eigenvalue weighted by Crippen LogP contribution is -2.37. The van der Waals surface area contributed by atoms with Crippen LogP contribution < -0.4 is 4.89 Å². The van der Waals surface area contributed by atoms with Gasteiger partial charge in [-0.3, -0.25) is 14.2 Å². The van der Waals surface area contributed by atoms with Gasteiger partial charge in [-0.05, 0) is 77.0 Å². The summed E-state index contributed by atoms with van der Waals surface area (Å²) in [7, 11) is 1.12. The Labute approximate surface area is 331 Å². The number of hydrogen-bond acceptors (Lipinski definition) is 8. The molecule has 0 aliphatic heterocycles. The van der Waals surface area contributed by atoms with Crippen molar-refractivity contribution >= 4 is 19.8 Å². The summed E-state index contributed by atoms with van der Waals surface area (Å²) in [5.74, 6) is -0.914. The molecule has 2 atom stereocenters. The molecule has 0 spiro atoms. The summed E-state index contributed by atoms with van der Waals surface area (Å²) in [5.41, 5.74) is 0. The second-order valence-electron chi connectivity index (χ2n) is 15.3. The first-order chi connectivity index (χ1) is 26.0. The molecule has 54 heavy (non-hydrogen) atoms. The highest BCUT2D eigenvalue weighted by Gasteiger charge is 2.21. The number of carbonyl (C=O) groups is 2. The van der Waals surface area contributed by atoms with Crippen LogP contribution in [0.2, 0.25) is 0 Å². The molecule has 314 valence electrons. The molecule has 0 heterocycles. The number of hydrogen-bond donors (Lipinski definition) is 0. The number of phosphoric acid groups is 1. The second-order valence-corrected chi connectivity index (χ2v) is 16.8. The Bertz CT molecular complexity index is 1070. The van der Waals surface area contributed by atoms with E-state index in [0.717, 1.165) is 51.4 Å². The number of esters is 2. The highest BCUT2D eigenvalue weighted by molar-refractivity contribution is 7.45. The Kier molecular flexibility index (Phi) is 35.2. The van der Waals surface area contributed by atoms with E-state index in [1.165, 1.54) is 77.0 Å². The molecule has 9 nitrogen and oxygen atoms in total. The minimum absolute atomic E-state index is 0.0429. The van der Waals surface area contributed by atoms with Gasteiger partial charge in [-0.25, -0.2) is 0 Å². The number of phosphoric ester groups is 1. The van der Waals surface area contributed by atoms with Crippen molar-refractivity contribution in [1.29, 1.82) is 0 Å². The van der Waals surface area contributed by atoms with E-state index in [1.54, 1.807) is 0 Å². The van der Waals surface area contributed by atoms with Crippen LogP contribution in [-0.2, 0) is 32.7 Å². The van der Waals surface area contributed by atoms with E-state index >= 15 is 0 Å². The van der Waals surface area contributed by atoms with Gasteiger partial charge in [0, 0.05) is 12.8 Å². The van der Waals surface area contributed by atoms with Crippen molar-refractivity contribution in [2.45, 2.75) is 174 Å². The first-order valence-corrected chi connectivity index (χ1v) is 22.8. The number of likely N-dealkylation sites (N-methyl/N-ethyl adjacent to an activating group) is 1. The first kappa shape index (κ1) is 52.0. The van der Waals surface area contributed by atoms with Crippen molar-refractivity contribution in [2.24, 2.45) is 0 Å². The summed E-state index contributed by atoms with van der Waals surface area (Å²) in [6.07, 6.45) is 41.4. The number of unbranched alkanes of at least 4 members (excludes halogenated alkanes) is 16. The van der Waals surface area contributed by atoms with Gasteiger partial charge in [0.05, 0.1) is 27.7 Å². The summed E-state index contributed by atoms with van der Waals surface area (Å²) in [4.78, 5) is 37.4. The number of rotatable bonds is 38. The fourth-order valence-electron chi connectivity index (χ4n) is 5.42. The summed E-state index contributed by atoms with van der Waals surface area (Å²) in [6, 6.07) is 0. The van der Waals surface area contributed by atoms with E-state index in [9.17, 15) is 19.0 Å². The Balaban J connectivity index is 4.50. The summed E-state index contributed by atoms with van der Waals surface area (Å²) < 4.78 is 33.8. The molecule has 0 bridgehead atoms. The molecule has 0 saturated heterocycles. The van der Waals surface area contributed by atoms with Gasteiger partial charge in [-0.1, -0.05) is 127 Å². The quantitative estimate of drug-likeness (QED) is 0.0200. The largest absolute Gasteiger partial charge is 0.756 e. The Morgan fingerprint density at radius 3 is 1.46 bits per heavy atom. The van der Waals surface area contributed by atoms with E-state index in [4.69, 9.17) is 18.5 Å². The maximum atomic E-state index is 12.6. The Morgan fingerprint density at radius 2 is 1.00 bits per heavy atom. The molecule has 0 N–H and O–H groups in total. The predicted molar refractivity (Wildman–Crippen MR) is 222 cm³/mol. The number of nitrogens with zero attached hydrogens (tertiary/aromatic N) is 1. The van der Waals surface area contributed by atoms with Crippen LogP contribution >= 0.6 is 7.82 Å². The lowest BCUT2D eigenvalue weighted by atomic mass is 10.1. The fourth-order valence-corrected chi connectivity index (χ4v) is 6.15. The molecule has 1 unspecified atom stereocenters. The number of quaternary nitrogens is 1. The summed E-state index contributed by atoms with van der Waals surface area (Å²) in [6.45, 7) is 4.12.